The van der Waals surface area contributed by atoms with Crippen molar-refractivity contribution >= 4 is 5.91 Å². The van der Waals surface area contributed by atoms with Crippen LogP contribution in [0.2, 0.25) is 0 Å². The lowest BCUT2D eigenvalue weighted by Crippen LogP contribution is -2.31. The highest BCUT2D eigenvalue weighted by Gasteiger charge is 2.57. The van der Waals surface area contributed by atoms with Crippen LogP contribution in [0.4, 0.5) is 0 Å². The van der Waals surface area contributed by atoms with Gasteiger partial charge in [-0.15, -0.1) is 0 Å². The Labute approximate surface area is 74.9 Å². The maximum Gasteiger partial charge on any atom is 0.247 e. The van der Waals surface area contributed by atoms with Gasteiger partial charge in [0.25, 0.3) is 0 Å². The highest BCUT2D eigenvalue weighted by atomic mass is 16.2. The van der Waals surface area contributed by atoms with Gasteiger partial charge in [-0.1, -0.05) is 20.8 Å². The summed E-state index contributed by atoms with van der Waals surface area (Å²) < 4.78 is 0. The van der Waals surface area contributed by atoms with Crippen LogP contribution in [-0.2, 0) is 4.79 Å². The van der Waals surface area contributed by atoms with Gasteiger partial charge in [0.2, 0.25) is 5.91 Å². The molecule has 0 bridgehead atoms. The molecule has 1 heterocycles. The van der Waals surface area contributed by atoms with Gasteiger partial charge in [0.1, 0.15) is 6.04 Å². The number of hydrogen-bond donors (Lipinski definition) is 0. The first-order valence-electron chi connectivity index (χ1n) is 4.49. The molecule has 2 nitrogen and oxygen atoms in total. The van der Waals surface area contributed by atoms with Crippen molar-refractivity contribution < 1.29 is 4.79 Å². The van der Waals surface area contributed by atoms with E-state index in [-0.39, 0.29) is 17.0 Å². The molecule has 1 saturated heterocycles. The van der Waals surface area contributed by atoms with E-state index in [9.17, 15) is 4.79 Å². The molecule has 70 valence electrons. The lowest BCUT2D eigenvalue weighted by Gasteiger charge is -2.25. The predicted octanol–water partition coefficient (Wildman–Crippen LogP) is 2.04. The predicted molar refractivity (Wildman–Crippen MR) is 49.8 cm³/mol. The van der Waals surface area contributed by atoms with E-state index in [1.807, 2.05) is 4.90 Å². The van der Waals surface area contributed by atoms with E-state index in [1.165, 1.54) is 0 Å². The van der Waals surface area contributed by atoms with Crippen molar-refractivity contribution in [2.24, 2.45) is 5.41 Å². The summed E-state index contributed by atoms with van der Waals surface area (Å²) in [5.41, 5.74) is 0.0827. The molecule has 2 heteroatoms. The second kappa shape index (κ2) is 2.24. The Morgan fingerprint density at radius 3 is 1.58 bits per heavy atom. The molecular weight excluding hydrogens is 150 g/mol. The number of amides is 1. The molecule has 12 heavy (non-hydrogen) atoms. The number of rotatable bonds is 0. The second-order valence-corrected chi connectivity index (χ2v) is 5.65. The summed E-state index contributed by atoms with van der Waals surface area (Å²) in [6.07, 6.45) is 0. The van der Waals surface area contributed by atoms with Crippen LogP contribution in [0.25, 0.3) is 0 Å². The van der Waals surface area contributed by atoms with Crippen LogP contribution in [0, 0.1) is 5.41 Å². The maximum atomic E-state index is 11.4. The summed E-state index contributed by atoms with van der Waals surface area (Å²) in [6.45, 7) is 12.6. The number of nitrogens with zero attached hydrogens (tertiary/aromatic N) is 1. The molecule has 0 N–H and O–H groups in total. The van der Waals surface area contributed by atoms with E-state index in [4.69, 9.17) is 0 Å². The zero-order chi connectivity index (χ0) is 9.73. The molecule has 0 spiro atoms. The average Bonchev–Trinajstić information content (AvgIpc) is 2.35. The largest absolute Gasteiger partial charge is 0.323 e. The molecule has 0 aromatic carbocycles. The smallest absolute Gasteiger partial charge is 0.247 e. The van der Waals surface area contributed by atoms with Crippen LogP contribution in [0.3, 0.4) is 0 Å². The molecule has 1 fully saturated rings. The zero-order valence-corrected chi connectivity index (χ0v) is 8.93. The van der Waals surface area contributed by atoms with E-state index < -0.39 is 0 Å². The van der Waals surface area contributed by atoms with Gasteiger partial charge in [-0.2, -0.15) is 0 Å². The SMILES string of the molecule is CC(C)(C)C1C(=O)N1C(C)(C)C. The molecule has 0 aromatic heterocycles. The van der Waals surface area contributed by atoms with Crippen LogP contribution in [0.1, 0.15) is 41.5 Å². The molecule has 0 radical (unpaired) electrons. The van der Waals surface area contributed by atoms with Gasteiger partial charge >= 0.3 is 0 Å². The van der Waals surface area contributed by atoms with Crippen LogP contribution in [-0.4, -0.2) is 22.4 Å². The first-order chi connectivity index (χ1) is 5.15. The second-order valence-electron chi connectivity index (χ2n) is 5.65. The Hall–Kier alpha value is -0.530. The summed E-state index contributed by atoms with van der Waals surface area (Å²) >= 11 is 0. The highest BCUT2D eigenvalue weighted by Crippen LogP contribution is 2.41. The minimum atomic E-state index is -0.00493. The topological polar surface area (TPSA) is 20.1 Å². The van der Waals surface area contributed by atoms with Crippen molar-refractivity contribution in [2.45, 2.75) is 53.1 Å². The molecule has 1 aliphatic heterocycles. The monoisotopic (exact) mass is 169 g/mol. The van der Waals surface area contributed by atoms with E-state index >= 15 is 0 Å². The Morgan fingerprint density at radius 2 is 1.50 bits per heavy atom. The van der Waals surface area contributed by atoms with Crippen LogP contribution in [0.15, 0.2) is 0 Å². The Kier molecular flexibility index (Phi) is 1.78. The summed E-state index contributed by atoms with van der Waals surface area (Å²) in [5.74, 6) is 0.301. The summed E-state index contributed by atoms with van der Waals surface area (Å²) in [7, 11) is 0. The standard InChI is InChI=1S/C10H19NO/c1-9(2,3)7-8(12)11(7)10(4,5)6/h7H,1-6H3. The van der Waals surface area contributed by atoms with Crippen LogP contribution < -0.4 is 0 Å². The van der Waals surface area contributed by atoms with Gasteiger partial charge in [-0.05, 0) is 26.2 Å². The molecule has 0 aliphatic carbocycles. The van der Waals surface area contributed by atoms with Crippen molar-refractivity contribution in [3.8, 4) is 0 Å². The van der Waals surface area contributed by atoms with Gasteiger partial charge in [-0.25, -0.2) is 0 Å². The van der Waals surface area contributed by atoms with Crippen LogP contribution in [0.5, 0.6) is 0 Å². The zero-order valence-electron chi connectivity index (χ0n) is 8.93. The van der Waals surface area contributed by atoms with Crippen molar-refractivity contribution in [1.29, 1.82) is 0 Å². The molecule has 1 amide bonds. The molecule has 0 aromatic rings. The van der Waals surface area contributed by atoms with Gasteiger partial charge in [0.05, 0.1) is 0 Å². The first-order valence-corrected chi connectivity index (χ1v) is 4.49. The summed E-state index contributed by atoms with van der Waals surface area (Å²) in [5, 5.41) is 0. The van der Waals surface area contributed by atoms with Crippen LogP contribution >= 0.6 is 0 Å². The number of carbonyl (C=O) groups is 1. The average molecular weight is 169 g/mol. The third-order valence-electron chi connectivity index (χ3n) is 2.20. The lowest BCUT2D eigenvalue weighted by molar-refractivity contribution is -0.115. The van der Waals surface area contributed by atoms with Gasteiger partial charge in [-0.3, -0.25) is 4.79 Å². The molecule has 1 aliphatic rings. The molecule has 1 rings (SSSR count). The molecular formula is C10H19NO. The first kappa shape index (κ1) is 9.56. The lowest BCUT2D eigenvalue weighted by atomic mass is 9.91. The maximum absolute atomic E-state index is 11.4. The molecule has 1 atom stereocenters. The van der Waals surface area contributed by atoms with E-state index in [0.29, 0.717) is 5.91 Å². The van der Waals surface area contributed by atoms with E-state index in [0.717, 1.165) is 0 Å². The third kappa shape index (κ3) is 1.47. The Bertz CT molecular complexity index is 185. The Morgan fingerprint density at radius 1 is 1.08 bits per heavy atom. The quantitative estimate of drug-likeness (QED) is 0.508. The molecule has 0 saturated carbocycles. The fraction of sp³-hybridized carbons (Fsp3) is 0.900. The van der Waals surface area contributed by atoms with E-state index in [1.54, 1.807) is 0 Å². The van der Waals surface area contributed by atoms with Gasteiger partial charge < -0.3 is 4.90 Å². The summed E-state index contributed by atoms with van der Waals surface area (Å²) in [4.78, 5) is 13.4. The Balaban J connectivity index is 2.73. The van der Waals surface area contributed by atoms with Gasteiger partial charge in [0.15, 0.2) is 0 Å². The van der Waals surface area contributed by atoms with Crippen molar-refractivity contribution in [1.82, 2.24) is 4.90 Å². The number of hydrogen-bond acceptors (Lipinski definition) is 1. The minimum absolute atomic E-state index is 0.00493. The fourth-order valence-corrected chi connectivity index (χ4v) is 1.65. The van der Waals surface area contributed by atoms with E-state index in [2.05, 4.69) is 41.5 Å². The van der Waals surface area contributed by atoms with Crippen molar-refractivity contribution in [3.05, 3.63) is 0 Å². The third-order valence-corrected chi connectivity index (χ3v) is 2.20. The van der Waals surface area contributed by atoms with Gasteiger partial charge in [0, 0.05) is 5.54 Å². The highest BCUT2D eigenvalue weighted by molar-refractivity contribution is 5.98. The number of carbonyl (C=O) groups excluding carboxylic acids is 1. The minimum Gasteiger partial charge on any atom is -0.323 e. The summed E-state index contributed by atoms with van der Waals surface area (Å²) in [6, 6.07) is 0.137. The fourth-order valence-electron chi connectivity index (χ4n) is 1.65. The van der Waals surface area contributed by atoms with Crippen molar-refractivity contribution in [2.75, 3.05) is 0 Å². The normalized spacial score (nSPS) is 24.7. The van der Waals surface area contributed by atoms with Crippen molar-refractivity contribution in [3.63, 3.8) is 0 Å². The molecule has 1 unspecified atom stereocenters.